The summed E-state index contributed by atoms with van der Waals surface area (Å²) in [6, 6.07) is 1.14. The van der Waals surface area contributed by atoms with Gasteiger partial charge in [0.15, 0.2) is 0 Å². The molecule has 1 aliphatic heterocycles. The Hall–Kier alpha value is -1.84. The third-order valence-corrected chi connectivity index (χ3v) is 4.70. The van der Waals surface area contributed by atoms with Gasteiger partial charge in [0.1, 0.15) is 11.4 Å². The molecule has 0 spiro atoms. The first-order chi connectivity index (χ1) is 12.8. The van der Waals surface area contributed by atoms with Crippen molar-refractivity contribution in [3.05, 3.63) is 33.5 Å². The lowest BCUT2D eigenvalue weighted by molar-refractivity contribution is -0.140. The number of ether oxygens (including phenoxy) is 1. The molecule has 0 aliphatic carbocycles. The van der Waals surface area contributed by atoms with E-state index in [1.54, 1.807) is 20.8 Å². The summed E-state index contributed by atoms with van der Waals surface area (Å²) in [4.78, 5) is 25.9. The van der Waals surface area contributed by atoms with E-state index in [1.165, 1.54) is 4.90 Å². The van der Waals surface area contributed by atoms with Crippen LogP contribution >= 0.6 is 15.9 Å². The van der Waals surface area contributed by atoms with E-state index < -0.39 is 46.8 Å². The maximum absolute atomic E-state index is 14.4. The van der Waals surface area contributed by atoms with Crippen molar-refractivity contribution in [1.29, 1.82) is 0 Å². The van der Waals surface area contributed by atoms with Crippen LogP contribution < -0.4 is 5.32 Å². The van der Waals surface area contributed by atoms with E-state index in [1.807, 2.05) is 0 Å². The van der Waals surface area contributed by atoms with E-state index in [-0.39, 0.29) is 17.6 Å². The Kier molecular flexibility index (Phi) is 6.62. The number of rotatable bonds is 2. The van der Waals surface area contributed by atoms with Gasteiger partial charge >= 0.3 is 12.3 Å². The highest BCUT2D eigenvalue weighted by molar-refractivity contribution is 9.10. The molecule has 10 heteroatoms. The van der Waals surface area contributed by atoms with Gasteiger partial charge in [-0.1, -0.05) is 0 Å². The van der Waals surface area contributed by atoms with Crippen molar-refractivity contribution in [2.75, 3.05) is 13.1 Å². The number of carbonyl (C=O) groups is 2. The highest BCUT2D eigenvalue weighted by Gasteiger charge is 2.38. The third kappa shape index (κ3) is 5.59. The average Bonchev–Trinajstić information content (AvgIpc) is 2.51. The number of nitrogens with one attached hydrogen (secondary N) is 1. The molecule has 1 aliphatic rings. The predicted molar refractivity (Wildman–Crippen MR) is 97.4 cm³/mol. The fraction of sp³-hybridized carbons (Fsp3) is 0.556. The number of likely N-dealkylation sites (tertiary alicyclic amines) is 1. The molecular formula is C18H21BrF4N2O3. The highest BCUT2D eigenvalue weighted by atomic mass is 79.9. The van der Waals surface area contributed by atoms with Crippen molar-refractivity contribution >= 4 is 27.9 Å². The van der Waals surface area contributed by atoms with Gasteiger partial charge < -0.3 is 15.0 Å². The van der Waals surface area contributed by atoms with Crippen molar-refractivity contribution < 1.29 is 31.9 Å². The van der Waals surface area contributed by atoms with Gasteiger partial charge in [-0.25, -0.2) is 9.18 Å². The van der Waals surface area contributed by atoms with E-state index in [9.17, 15) is 27.2 Å². The summed E-state index contributed by atoms with van der Waals surface area (Å²) < 4.78 is 58.4. The Morgan fingerprint density at radius 1 is 1.25 bits per heavy atom. The van der Waals surface area contributed by atoms with Gasteiger partial charge in [0.05, 0.1) is 11.1 Å². The van der Waals surface area contributed by atoms with Crippen molar-refractivity contribution in [2.24, 2.45) is 0 Å². The fourth-order valence-corrected chi connectivity index (χ4v) is 3.36. The molecule has 0 bridgehead atoms. The minimum absolute atomic E-state index is 0.0419. The molecule has 1 saturated heterocycles. The Bertz CT molecular complexity index is 762. The van der Waals surface area contributed by atoms with Crippen LogP contribution in [0.3, 0.4) is 0 Å². The Morgan fingerprint density at radius 2 is 1.89 bits per heavy atom. The van der Waals surface area contributed by atoms with E-state index in [4.69, 9.17) is 4.74 Å². The van der Waals surface area contributed by atoms with Gasteiger partial charge in [0.2, 0.25) is 0 Å². The first-order valence-electron chi connectivity index (χ1n) is 8.63. The molecule has 2 amide bonds. The maximum atomic E-state index is 14.4. The molecule has 1 heterocycles. The number of hydrogen-bond donors (Lipinski definition) is 1. The van der Waals surface area contributed by atoms with Gasteiger partial charge in [-0.3, -0.25) is 4.79 Å². The van der Waals surface area contributed by atoms with Crippen LogP contribution in [-0.4, -0.2) is 41.6 Å². The average molecular weight is 469 g/mol. The van der Waals surface area contributed by atoms with E-state index in [0.717, 1.165) is 6.07 Å². The standard InChI is InChI=1S/C18H21BrF4N2O3/c1-17(2,3)28-16(27)24-10-5-4-8-25(9-10)15(26)13-12(19)7-6-11(14(13)20)18(21,22)23/h6-7,10H,4-5,8-9H2,1-3H3,(H,24,27)/t10-/m0/s1. The zero-order valence-electron chi connectivity index (χ0n) is 15.6. The molecule has 5 nitrogen and oxygen atoms in total. The number of benzene rings is 1. The van der Waals surface area contributed by atoms with Gasteiger partial charge in [-0.15, -0.1) is 0 Å². The molecule has 1 aromatic carbocycles. The molecule has 1 aromatic rings. The van der Waals surface area contributed by atoms with Crippen LogP contribution in [0.4, 0.5) is 22.4 Å². The first-order valence-corrected chi connectivity index (χ1v) is 9.43. The second-order valence-electron chi connectivity index (χ2n) is 7.52. The molecule has 0 saturated carbocycles. The second kappa shape index (κ2) is 8.26. The lowest BCUT2D eigenvalue weighted by Crippen LogP contribution is -2.50. The number of amides is 2. The van der Waals surface area contributed by atoms with Crippen LogP contribution in [0.1, 0.15) is 49.5 Å². The minimum Gasteiger partial charge on any atom is -0.444 e. The largest absolute Gasteiger partial charge is 0.444 e. The number of halogens is 5. The summed E-state index contributed by atoms with van der Waals surface area (Å²) in [7, 11) is 0. The Labute approximate surface area is 168 Å². The molecule has 0 unspecified atom stereocenters. The topological polar surface area (TPSA) is 58.6 Å². The van der Waals surface area contributed by atoms with Crippen molar-refractivity contribution in [1.82, 2.24) is 10.2 Å². The van der Waals surface area contributed by atoms with Crippen molar-refractivity contribution in [3.63, 3.8) is 0 Å². The third-order valence-electron chi connectivity index (χ3n) is 4.04. The van der Waals surface area contributed by atoms with Crippen LogP contribution in [0, 0.1) is 5.82 Å². The zero-order valence-corrected chi connectivity index (χ0v) is 17.2. The quantitative estimate of drug-likeness (QED) is 0.637. The van der Waals surface area contributed by atoms with Crippen LogP contribution in [0.25, 0.3) is 0 Å². The summed E-state index contributed by atoms with van der Waals surface area (Å²) in [5.41, 5.74) is -2.87. The van der Waals surface area contributed by atoms with Crippen LogP contribution in [-0.2, 0) is 10.9 Å². The Morgan fingerprint density at radius 3 is 2.46 bits per heavy atom. The molecule has 2 rings (SSSR count). The second-order valence-corrected chi connectivity index (χ2v) is 8.37. The highest BCUT2D eigenvalue weighted by Crippen LogP contribution is 2.35. The van der Waals surface area contributed by atoms with Crippen molar-refractivity contribution in [3.8, 4) is 0 Å². The number of carbonyl (C=O) groups excluding carboxylic acids is 2. The SMILES string of the molecule is CC(C)(C)OC(=O)N[C@H]1CCCN(C(=O)c2c(Br)ccc(C(F)(F)F)c2F)C1. The zero-order chi connectivity index (χ0) is 21.3. The van der Waals surface area contributed by atoms with Gasteiger partial charge in [0, 0.05) is 23.6 Å². The molecule has 1 atom stereocenters. The number of piperidine rings is 1. The summed E-state index contributed by atoms with van der Waals surface area (Å²) in [5, 5.41) is 2.64. The lowest BCUT2D eigenvalue weighted by Gasteiger charge is -2.34. The minimum atomic E-state index is -4.91. The number of hydrogen-bond acceptors (Lipinski definition) is 3. The molecule has 1 N–H and O–H groups in total. The monoisotopic (exact) mass is 468 g/mol. The maximum Gasteiger partial charge on any atom is 0.419 e. The van der Waals surface area contributed by atoms with Gasteiger partial charge in [-0.05, 0) is 61.7 Å². The smallest absolute Gasteiger partial charge is 0.419 e. The van der Waals surface area contributed by atoms with Crippen molar-refractivity contribution in [2.45, 2.75) is 51.4 Å². The number of alkyl halides is 3. The lowest BCUT2D eigenvalue weighted by atomic mass is 10.0. The van der Waals surface area contributed by atoms with Gasteiger partial charge in [0.25, 0.3) is 5.91 Å². The normalized spacial score (nSPS) is 18.0. The molecule has 28 heavy (non-hydrogen) atoms. The summed E-state index contributed by atoms with van der Waals surface area (Å²) in [6.45, 7) is 5.40. The van der Waals surface area contributed by atoms with E-state index in [2.05, 4.69) is 21.2 Å². The summed E-state index contributed by atoms with van der Waals surface area (Å²) in [5.74, 6) is -2.49. The van der Waals surface area contributed by atoms with Crippen LogP contribution in [0.15, 0.2) is 16.6 Å². The Balaban J connectivity index is 2.18. The summed E-state index contributed by atoms with van der Waals surface area (Å²) in [6.07, 6.45) is -4.50. The van der Waals surface area contributed by atoms with Crippen LogP contribution in [0.2, 0.25) is 0 Å². The number of alkyl carbamates (subject to hydrolysis) is 1. The van der Waals surface area contributed by atoms with Gasteiger partial charge in [-0.2, -0.15) is 13.2 Å². The van der Waals surface area contributed by atoms with E-state index in [0.29, 0.717) is 18.9 Å². The molecule has 156 valence electrons. The molecule has 0 aromatic heterocycles. The molecular weight excluding hydrogens is 448 g/mol. The molecule has 1 fully saturated rings. The fourth-order valence-electron chi connectivity index (χ4n) is 2.88. The first kappa shape index (κ1) is 22.4. The molecule has 0 radical (unpaired) electrons. The predicted octanol–water partition coefficient (Wildman–Crippen LogP) is 4.74. The summed E-state index contributed by atoms with van der Waals surface area (Å²) >= 11 is 2.96. The number of nitrogens with zero attached hydrogens (tertiary/aromatic N) is 1. The van der Waals surface area contributed by atoms with Crippen LogP contribution in [0.5, 0.6) is 0 Å². The van der Waals surface area contributed by atoms with E-state index >= 15 is 0 Å².